The van der Waals surface area contributed by atoms with Gasteiger partial charge in [0, 0.05) is 24.6 Å². The molecule has 0 spiro atoms. The van der Waals surface area contributed by atoms with Crippen molar-refractivity contribution in [1.82, 2.24) is 13.6 Å². The summed E-state index contributed by atoms with van der Waals surface area (Å²) in [6, 6.07) is 10.7. The fourth-order valence-corrected chi connectivity index (χ4v) is 4.20. The van der Waals surface area contributed by atoms with Crippen molar-refractivity contribution < 1.29 is 18.0 Å². The van der Waals surface area contributed by atoms with Crippen LogP contribution in [0.1, 0.15) is 34.3 Å². The summed E-state index contributed by atoms with van der Waals surface area (Å²) in [6.45, 7) is 2.09. The van der Waals surface area contributed by atoms with E-state index in [1.165, 1.54) is 23.9 Å². The minimum Gasteiger partial charge on any atom is -0.298 e. The summed E-state index contributed by atoms with van der Waals surface area (Å²) >= 11 is 1.17. The molecule has 0 radical (unpaired) electrons. The molecule has 4 nitrogen and oxygen atoms in total. The molecule has 0 N–H and O–H groups in total. The number of hydrogen-bond acceptors (Lipinski definition) is 5. The van der Waals surface area contributed by atoms with Crippen LogP contribution in [0.25, 0.3) is 11.0 Å². The van der Waals surface area contributed by atoms with Gasteiger partial charge in [0.15, 0.2) is 5.78 Å². The third-order valence-corrected chi connectivity index (χ3v) is 5.63. The second-order valence-corrected chi connectivity index (χ2v) is 7.63. The van der Waals surface area contributed by atoms with Crippen LogP contribution in [0.2, 0.25) is 0 Å². The van der Waals surface area contributed by atoms with Gasteiger partial charge in [-0.2, -0.15) is 21.9 Å². The Balaban J connectivity index is 1.46. The highest BCUT2D eigenvalue weighted by Gasteiger charge is 2.32. The largest absolute Gasteiger partial charge is 0.416 e. The van der Waals surface area contributed by atoms with Crippen LogP contribution in [0.5, 0.6) is 0 Å². The fourth-order valence-electron chi connectivity index (χ4n) is 3.68. The fraction of sp³-hybridized carbons (Fsp3) is 0.350. The summed E-state index contributed by atoms with van der Waals surface area (Å²) in [5, 5.41) is 0. The first kappa shape index (κ1) is 19.0. The number of ketones is 1. The molecule has 0 aliphatic carbocycles. The van der Waals surface area contributed by atoms with Crippen molar-refractivity contribution >= 4 is 28.5 Å². The number of fused-ring (bicyclic) bond motifs is 1. The molecule has 1 aliphatic rings. The first-order chi connectivity index (χ1) is 13.4. The number of rotatable bonds is 4. The van der Waals surface area contributed by atoms with E-state index in [1.54, 1.807) is 0 Å². The van der Waals surface area contributed by atoms with Crippen LogP contribution in [0.15, 0.2) is 42.5 Å². The smallest absolute Gasteiger partial charge is 0.298 e. The number of carbonyl (C=O) groups is 1. The number of piperidine rings is 1. The van der Waals surface area contributed by atoms with Gasteiger partial charge in [0.25, 0.3) is 0 Å². The van der Waals surface area contributed by atoms with Gasteiger partial charge in [-0.1, -0.05) is 18.2 Å². The van der Waals surface area contributed by atoms with E-state index in [0.29, 0.717) is 19.5 Å². The Morgan fingerprint density at radius 2 is 1.96 bits per heavy atom. The molecule has 146 valence electrons. The summed E-state index contributed by atoms with van der Waals surface area (Å²) < 4.78 is 47.3. The average molecular weight is 405 g/mol. The number of carbonyl (C=O) groups excluding carboxylic acids is 1. The number of benzene rings is 2. The molecule has 0 saturated carbocycles. The van der Waals surface area contributed by atoms with Crippen LogP contribution in [-0.2, 0) is 12.7 Å². The molecule has 1 atom stereocenters. The van der Waals surface area contributed by atoms with Gasteiger partial charge in [-0.3, -0.25) is 9.69 Å². The molecular weight excluding hydrogens is 387 g/mol. The molecule has 2 aromatic carbocycles. The lowest BCUT2D eigenvalue weighted by molar-refractivity contribution is -0.137. The molecule has 1 fully saturated rings. The molecule has 0 unspecified atom stereocenters. The van der Waals surface area contributed by atoms with Crippen molar-refractivity contribution in [2.75, 3.05) is 13.1 Å². The van der Waals surface area contributed by atoms with Gasteiger partial charge >= 0.3 is 6.18 Å². The molecular formula is C20H18F3N3OS. The van der Waals surface area contributed by atoms with Gasteiger partial charge in [0.1, 0.15) is 11.0 Å². The van der Waals surface area contributed by atoms with Gasteiger partial charge < -0.3 is 0 Å². The lowest BCUT2D eigenvalue weighted by atomic mass is 9.89. The lowest BCUT2D eigenvalue weighted by Gasteiger charge is -2.32. The Labute approximate surface area is 164 Å². The highest BCUT2D eigenvalue weighted by molar-refractivity contribution is 7.00. The molecule has 28 heavy (non-hydrogen) atoms. The Kier molecular flexibility index (Phi) is 5.16. The van der Waals surface area contributed by atoms with Crippen molar-refractivity contribution in [3.63, 3.8) is 0 Å². The second-order valence-electron chi connectivity index (χ2n) is 7.10. The Morgan fingerprint density at radius 3 is 2.79 bits per heavy atom. The van der Waals surface area contributed by atoms with Gasteiger partial charge in [-0.05, 0) is 49.2 Å². The predicted octanol–water partition coefficient (Wildman–Crippen LogP) is 4.81. The molecule has 1 saturated heterocycles. The van der Waals surface area contributed by atoms with Crippen LogP contribution in [0, 0.1) is 5.92 Å². The number of likely N-dealkylation sites (tertiary alicyclic amines) is 1. The minimum absolute atomic E-state index is 0.136. The number of aromatic nitrogens is 2. The van der Waals surface area contributed by atoms with Gasteiger partial charge in [0.05, 0.1) is 17.3 Å². The van der Waals surface area contributed by atoms with E-state index < -0.39 is 11.7 Å². The number of halogens is 3. The second kappa shape index (κ2) is 7.60. The highest BCUT2D eigenvalue weighted by atomic mass is 32.1. The van der Waals surface area contributed by atoms with E-state index in [2.05, 4.69) is 13.6 Å². The van der Waals surface area contributed by atoms with Crippen molar-refractivity contribution in [3.05, 3.63) is 59.2 Å². The molecule has 1 aromatic heterocycles. The van der Waals surface area contributed by atoms with Crippen LogP contribution in [-0.4, -0.2) is 32.5 Å². The molecule has 0 amide bonds. The molecule has 4 rings (SSSR count). The van der Waals surface area contributed by atoms with Crippen LogP contribution >= 0.6 is 11.7 Å². The third-order valence-electron chi connectivity index (χ3n) is 5.08. The zero-order valence-electron chi connectivity index (χ0n) is 14.9. The van der Waals surface area contributed by atoms with Gasteiger partial charge in [-0.25, -0.2) is 0 Å². The molecule has 1 aliphatic heterocycles. The minimum atomic E-state index is -4.45. The number of nitrogens with zero attached hydrogens (tertiary/aromatic N) is 3. The number of Topliss-reactive ketones (excluding diaryl/α,β-unsaturated/α-hetero) is 1. The number of alkyl halides is 3. The zero-order valence-corrected chi connectivity index (χ0v) is 15.8. The summed E-state index contributed by atoms with van der Waals surface area (Å²) in [7, 11) is 0. The highest BCUT2D eigenvalue weighted by Crippen LogP contribution is 2.31. The summed E-state index contributed by atoms with van der Waals surface area (Å²) in [4.78, 5) is 15.0. The van der Waals surface area contributed by atoms with Crippen molar-refractivity contribution in [2.45, 2.75) is 25.6 Å². The van der Waals surface area contributed by atoms with Crippen LogP contribution < -0.4 is 0 Å². The number of hydrogen-bond donors (Lipinski definition) is 0. The SMILES string of the molecule is O=C(c1cccc(C(F)(F)F)c1)[C@H]1CCCN(Cc2ccc3nsnc3c2)C1. The summed E-state index contributed by atoms with van der Waals surface area (Å²) in [5.74, 6) is -0.503. The summed E-state index contributed by atoms with van der Waals surface area (Å²) in [5.41, 5.74) is 2.17. The average Bonchev–Trinajstić information content (AvgIpc) is 3.15. The van der Waals surface area contributed by atoms with E-state index in [0.717, 1.165) is 41.7 Å². The normalized spacial score (nSPS) is 18.5. The first-order valence-corrected chi connectivity index (χ1v) is 9.78. The zero-order chi connectivity index (χ0) is 19.7. The molecule has 0 bridgehead atoms. The standard InChI is InChI=1S/C20H18F3N3OS/c21-20(22,23)16-5-1-3-14(10-16)19(27)15-4-2-8-26(12-15)11-13-6-7-17-18(9-13)25-28-24-17/h1,3,5-7,9-10,15H,2,4,8,11-12H2/t15-/m0/s1. The molecule has 8 heteroatoms. The van der Waals surface area contributed by atoms with Crippen molar-refractivity contribution in [3.8, 4) is 0 Å². The lowest BCUT2D eigenvalue weighted by Crippen LogP contribution is -2.38. The molecule has 2 heterocycles. The van der Waals surface area contributed by atoms with Crippen molar-refractivity contribution in [2.24, 2.45) is 5.92 Å². The van der Waals surface area contributed by atoms with E-state index in [1.807, 2.05) is 18.2 Å². The monoisotopic (exact) mass is 405 g/mol. The topological polar surface area (TPSA) is 46.1 Å². The van der Waals surface area contributed by atoms with Gasteiger partial charge in [-0.15, -0.1) is 0 Å². The maximum absolute atomic E-state index is 12.9. The Hall–Kier alpha value is -2.32. The van der Waals surface area contributed by atoms with E-state index >= 15 is 0 Å². The van der Waals surface area contributed by atoms with E-state index in [4.69, 9.17) is 0 Å². The maximum atomic E-state index is 12.9. The first-order valence-electron chi connectivity index (χ1n) is 9.05. The Morgan fingerprint density at radius 1 is 1.14 bits per heavy atom. The molecule has 3 aromatic rings. The van der Waals surface area contributed by atoms with Gasteiger partial charge in [0.2, 0.25) is 0 Å². The quantitative estimate of drug-likeness (QED) is 0.585. The third kappa shape index (κ3) is 4.07. The maximum Gasteiger partial charge on any atom is 0.416 e. The van der Waals surface area contributed by atoms with E-state index in [9.17, 15) is 18.0 Å². The van der Waals surface area contributed by atoms with Crippen LogP contribution in [0.4, 0.5) is 13.2 Å². The predicted molar refractivity (Wildman–Crippen MR) is 101 cm³/mol. The Bertz CT molecular complexity index is 1000. The summed E-state index contributed by atoms with van der Waals surface area (Å²) in [6.07, 6.45) is -2.91. The van der Waals surface area contributed by atoms with Crippen molar-refractivity contribution in [1.29, 1.82) is 0 Å². The van der Waals surface area contributed by atoms with E-state index in [-0.39, 0.29) is 17.3 Å². The van der Waals surface area contributed by atoms with Crippen LogP contribution in [0.3, 0.4) is 0 Å².